The third-order valence-corrected chi connectivity index (χ3v) is 4.85. The second kappa shape index (κ2) is 7.32. The molecule has 0 atom stereocenters. The summed E-state index contributed by atoms with van der Waals surface area (Å²) in [5.41, 5.74) is -0.304. The molecule has 0 amide bonds. The Morgan fingerprint density at radius 3 is 2.56 bits per heavy atom. The summed E-state index contributed by atoms with van der Waals surface area (Å²) in [4.78, 5) is 31.8. The lowest BCUT2D eigenvalue weighted by Gasteiger charge is -2.33. The highest BCUT2D eigenvalue weighted by Gasteiger charge is 2.29. The maximum Gasteiger partial charge on any atom is 0.511 e. The molecule has 2 aliphatic rings. The molecule has 0 radical (unpaired) electrons. The molecule has 10 heteroatoms. The largest absolute Gasteiger partial charge is 0.511 e. The highest BCUT2D eigenvalue weighted by atomic mass is 35.5. The van der Waals surface area contributed by atoms with E-state index in [1.807, 2.05) is 11.9 Å². The summed E-state index contributed by atoms with van der Waals surface area (Å²) in [6.45, 7) is 2.92. The average Bonchev–Trinajstić information content (AvgIpc) is 3.43. The van der Waals surface area contributed by atoms with Crippen LogP contribution >= 0.6 is 12.4 Å². The molecule has 2 aromatic rings. The lowest BCUT2D eigenvalue weighted by molar-refractivity contribution is 0.143. The Morgan fingerprint density at radius 1 is 1.30 bits per heavy atom. The van der Waals surface area contributed by atoms with Gasteiger partial charge in [-0.3, -0.25) is 4.79 Å². The van der Waals surface area contributed by atoms with Crippen LogP contribution in [-0.2, 0) is 0 Å². The monoisotopic (exact) mass is 398 g/mol. The molecule has 1 N–H and O–H groups in total. The molecular weight excluding hydrogens is 379 g/mol. The summed E-state index contributed by atoms with van der Waals surface area (Å²) in [6.07, 6.45) is 1.59. The van der Waals surface area contributed by atoms with Crippen LogP contribution in [0.15, 0.2) is 17.1 Å². The summed E-state index contributed by atoms with van der Waals surface area (Å²) in [6, 6.07) is 1.26. The molecule has 1 aliphatic heterocycles. The highest BCUT2D eigenvalue weighted by molar-refractivity contribution is 5.85. The van der Waals surface area contributed by atoms with Gasteiger partial charge < -0.3 is 24.2 Å². The van der Waals surface area contributed by atoms with E-state index in [2.05, 4.69) is 14.6 Å². The van der Waals surface area contributed by atoms with E-state index >= 15 is 0 Å². The van der Waals surface area contributed by atoms with Gasteiger partial charge in [0.25, 0.3) is 0 Å². The van der Waals surface area contributed by atoms with Crippen LogP contribution in [0.25, 0.3) is 11.0 Å². The molecular formula is C17H20ClFN4O4. The Bertz CT molecular complexity index is 939. The Balaban J connectivity index is 0.00000210. The van der Waals surface area contributed by atoms with Crippen molar-refractivity contribution in [2.75, 3.05) is 38.1 Å². The molecule has 0 bridgehead atoms. The van der Waals surface area contributed by atoms with Gasteiger partial charge in [0.2, 0.25) is 5.43 Å². The Labute approximate surface area is 160 Å². The summed E-state index contributed by atoms with van der Waals surface area (Å²) < 4.78 is 21.0. The Morgan fingerprint density at radius 2 is 1.96 bits per heavy atom. The molecule has 0 spiro atoms. The van der Waals surface area contributed by atoms with E-state index in [1.54, 1.807) is 4.57 Å². The SMILES string of the molecule is CN1CCN(c2nc3c(cc2F)c(=O)c(OC(=O)O)cn3C2CC2)CC1.Cl. The Kier molecular flexibility index (Phi) is 5.25. The molecule has 1 saturated carbocycles. The van der Waals surface area contributed by atoms with Crippen LogP contribution in [0, 0.1) is 5.82 Å². The first-order valence-electron chi connectivity index (χ1n) is 8.53. The van der Waals surface area contributed by atoms with Crippen LogP contribution in [0.4, 0.5) is 15.0 Å². The molecule has 146 valence electrons. The third kappa shape index (κ3) is 3.70. The standard InChI is InChI=1S/C17H19FN4O4.ClH/c1-20-4-6-21(7-5-20)16-12(18)8-11-14(23)13(26-17(24)25)9-22(10-2-3-10)15(11)19-16;/h8-10H,2-7H2,1H3,(H,24,25);1H. The Hall–Kier alpha value is -2.39. The van der Waals surface area contributed by atoms with Gasteiger partial charge >= 0.3 is 6.16 Å². The van der Waals surface area contributed by atoms with Crippen LogP contribution < -0.4 is 15.1 Å². The van der Waals surface area contributed by atoms with Crippen molar-refractivity contribution < 1.29 is 19.0 Å². The van der Waals surface area contributed by atoms with Crippen LogP contribution in [0.3, 0.4) is 0 Å². The van der Waals surface area contributed by atoms with E-state index in [0.717, 1.165) is 32.0 Å². The molecule has 1 saturated heterocycles. The van der Waals surface area contributed by atoms with Gasteiger partial charge in [-0.15, -0.1) is 12.4 Å². The molecule has 2 aromatic heterocycles. The number of fused-ring (bicyclic) bond motifs is 1. The first-order valence-corrected chi connectivity index (χ1v) is 8.53. The minimum absolute atomic E-state index is 0. The van der Waals surface area contributed by atoms with Gasteiger partial charge in [0, 0.05) is 32.2 Å². The van der Waals surface area contributed by atoms with Crippen molar-refractivity contribution in [3.63, 3.8) is 0 Å². The van der Waals surface area contributed by atoms with Crippen molar-refractivity contribution in [1.82, 2.24) is 14.5 Å². The van der Waals surface area contributed by atoms with E-state index in [4.69, 9.17) is 5.11 Å². The number of aromatic nitrogens is 2. The number of ether oxygens (including phenoxy) is 1. The number of pyridine rings is 2. The van der Waals surface area contributed by atoms with Crippen LogP contribution in [-0.4, -0.2) is 58.9 Å². The van der Waals surface area contributed by atoms with Gasteiger partial charge in [-0.2, -0.15) is 0 Å². The van der Waals surface area contributed by atoms with Crippen LogP contribution in [0.5, 0.6) is 5.75 Å². The maximum atomic E-state index is 14.7. The fraction of sp³-hybridized carbons (Fsp3) is 0.471. The zero-order valence-corrected chi connectivity index (χ0v) is 15.5. The summed E-state index contributed by atoms with van der Waals surface area (Å²) >= 11 is 0. The van der Waals surface area contributed by atoms with E-state index in [9.17, 15) is 14.0 Å². The lowest BCUT2D eigenvalue weighted by Crippen LogP contribution is -2.45. The minimum atomic E-state index is -1.58. The van der Waals surface area contributed by atoms with E-state index in [0.29, 0.717) is 18.7 Å². The van der Waals surface area contributed by atoms with E-state index in [-0.39, 0.29) is 35.4 Å². The number of anilines is 1. The molecule has 27 heavy (non-hydrogen) atoms. The molecule has 2 fully saturated rings. The molecule has 0 aromatic carbocycles. The normalized spacial score (nSPS) is 17.6. The smallest absolute Gasteiger partial charge is 0.449 e. The van der Waals surface area contributed by atoms with Crippen molar-refractivity contribution in [3.8, 4) is 5.75 Å². The fourth-order valence-corrected chi connectivity index (χ4v) is 3.25. The summed E-state index contributed by atoms with van der Waals surface area (Å²) in [5, 5.41) is 8.86. The predicted octanol–water partition coefficient (Wildman–Crippen LogP) is 2.10. The topological polar surface area (TPSA) is 87.9 Å². The zero-order chi connectivity index (χ0) is 18.4. The van der Waals surface area contributed by atoms with Gasteiger partial charge in [0.1, 0.15) is 5.65 Å². The predicted molar refractivity (Wildman–Crippen MR) is 99.8 cm³/mol. The highest BCUT2D eigenvalue weighted by Crippen LogP contribution is 2.37. The van der Waals surface area contributed by atoms with Crippen molar-refractivity contribution in [1.29, 1.82) is 0 Å². The second-order valence-corrected chi connectivity index (χ2v) is 6.78. The first-order chi connectivity index (χ1) is 12.4. The van der Waals surface area contributed by atoms with E-state index < -0.39 is 17.4 Å². The molecule has 8 nitrogen and oxygen atoms in total. The number of hydrogen-bond donors (Lipinski definition) is 1. The van der Waals surface area contributed by atoms with Crippen molar-refractivity contribution in [2.45, 2.75) is 18.9 Å². The number of nitrogens with zero attached hydrogens (tertiary/aromatic N) is 4. The number of likely N-dealkylation sites (N-methyl/N-ethyl adjacent to an activating group) is 1. The maximum absolute atomic E-state index is 14.7. The minimum Gasteiger partial charge on any atom is -0.449 e. The van der Waals surface area contributed by atoms with Crippen LogP contribution in [0.2, 0.25) is 0 Å². The van der Waals surface area contributed by atoms with Gasteiger partial charge in [-0.25, -0.2) is 14.2 Å². The quantitative estimate of drug-likeness (QED) is 0.792. The number of piperazine rings is 1. The second-order valence-electron chi connectivity index (χ2n) is 6.78. The average molecular weight is 399 g/mol. The molecule has 0 unspecified atom stereocenters. The lowest BCUT2D eigenvalue weighted by atomic mass is 10.2. The fourth-order valence-electron chi connectivity index (χ4n) is 3.25. The van der Waals surface area contributed by atoms with Gasteiger partial charge in [-0.1, -0.05) is 0 Å². The number of carbonyl (C=O) groups is 1. The molecule has 1 aliphatic carbocycles. The van der Waals surface area contributed by atoms with Gasteiger partial charge in [0.05, 0.1) is 11.6 Å². The number of carboxylic acid groups (broad SMARTS) is 1. The third-order valence-electron chi connectivity index (χ3n) is 4.85. The van der Waals surface area contributed by atoms with Crippen molar-refractivity contribution >= 4 is 35.4 Å². The van der Waals surface area contributed by atoms with Crippen LogP contribution in [0.1, 0.15) is 18.9 Å². The number of rotatable bonds is 3. The van der Waals surface area contributed by atoms with Gasteiger partial charge in [-0.05, 0) is 26.0 Å². The molecule has 4 rings (SSSR count). The molecule has 3 heterocycles. The van der Waals surface area contributed by atoms with E-state index in [1.165, 1.54) is 6.20 Å². The summed E-state index contributed by atoms with van der Waals surface area (Å²) in [5.74, 6) is -0.689. The number of halogens is 2. The summed E-state index contributed by atoms with van der Waals surface area (Å²) in [7, 11) is 2.01. The zero-order valence-electron chi connectivity index (χ0n) is 14.7. The van der Waals surface area contributed by atoms with Crippen molar-refractivity contribution in [3.05, 3.63) is 28.3 Å². The number of hydrogen-bond acceptors (Lipinski definition) is 6. The first kappa shape index (κ1) is 19.4. The van der Waals surface area contributed by atoms with Crippen molar-refractivity contribution in [2.24, 2.45) is 0 Å². The van der Waals surface area contributed by atoms with Gasteiger partial charge in [0.15, 0.2) is 17.4 Å².